The summed E-state index contributed by atoms with van der Waals surface area (Å²) in [6.07, 6.45) is 2.85. The maximum Gasteiger partial charge on any atom is 0.242 e. The Morgan fingerprint density at radius 3 is 2.57 bits per heavy atom. The lowest BCUT2D eigenvalue weighted by Crippen LogP contribution is -2.47. The van der Waals surface area contributed by atoms with Crippen molar-refractivity contribution in [1.29, 1.82) is 0 Å². The fourth-order valence-electron chi connectivity index (χ4n) is 3.02. The van der Waals surface area contributed by atoms with Crippen LogP contribution in [-0.4, -0.2) is 35.9 Å². The number of rotatable bonds is 12. The minimum Gasteiger partial charge on any atom is -0.494 e. The summed E-state index contributed by atoms with van der Waals surface area (Å²) in [5.41, 5.74) is 0.978. The van der Waals surface area contributed by atoms with E-state index in [-0.39, 0.29) is 11.8 Å². The lowest BCUT2D eigenvalue weighted by molar-refractivity contribution is -0.140. The van der Waals surface area contributed by atoms with Crippen LogP contribution in [0.2, 0.25) is 0 Å². The molecule has 2 amide bonds. The predicted molar refractivity (Wildman–Crippen MR) is 123 cm³/mol. The van der Waals surface area contributed by atoms with Crippen molar-refractivity contribution in [3.8, 4) is 5.75 Å². The van der Waals surface area contributed by atoms with Gasteiger partial charge in [-0.25, -0.2) is 0 Å². The van der Waals surface area contributed by atoms with E-state index >= 15 is 0 Å². The highest BCUT2D eigenvalue weighted by molar-refractivity contribution is 9.10. The monoisotopic (exact) mass is 474 g/mol. The second-order valence-corrected chi connectivity index (χ2v) is 8.15. The van der Waals surface area contributed by atoms with Crippen LogP contribution in [0.4, 0.5) is 0 Å². The van der Waals surface area contributed by atoms with E-state index in [1.165, 1.54) is 0 Å². The summed E-state index contributed by atoms with van der Waals surface area (Å²) in [5.74, 6) is 0.622. The highest BCUT2D eigenvalue weighted by Crippen LogP contribution is 2.17. The molecule has 0 fully saturated rings. The van der Waals surface area contributed by atoms with Gasteiger partial charge in [-0.2, -0.15) is 0 Å². The first-order chi connectivity index (χ1) is 14.5. The van der Waals surface area contributed by atoms with Crippen molar-refractivity contribution in [2.75, 3.05) is 13.2 Å². The molecule has 6 heteroatoms. The number of carbonyl (C=O) groups is 2. The SMILES string of the molecule is CCCCNC(=O)[C@@H](C)N(Cc1cccc(Br)c1)C(=O)CCCOc1ccccc1. The maximum absolute atomic E-state index is 13.0. The molecule has 0 heterocycles. The van der Waals surface area contributed by atoms with Crippen molar-refractivity contribution in [1.82, 2.24) is 10.2 Å². The maximum atomic E-state index is 13.0. The third kappa shape index (κ3) is 8.19. The van der Waals surface area contributed by atoms with E-state index in [0.717, 1.165) is 28.6 Å². The Bertz CT molecular complexity index is 798. The van der Waals surface area contributed by atoms with Crippen LogP contribution < -0.4 is 10.1 Å². The number of benzene rings is 2. The van der Waals surface area contributed by atoms with Gasteiger partial charge >= 0.3 is 0 Å². The number of hydrogen-bond acceptors (Lipinski definition) is 3. The van der Waals surface area contributed by atoms with E-state index in [9.17, 15) is 9.59 Å². The van der Waals surface area contributed by atoms with Crippen LogP contribution in [0.1, 0.15) is 45.1 Å². The van der Waals surface area contributed by atoms with Crippen LogP contribution >= 0.6 is 15.9 Å². The Kier molecular flexibility index (Phi) is 10.4. The van der Waals surface area contributed by atoms with Crippen LogP contribution in [-0.2, 0) is 16.1 Å². The fourth-order valence-corrected chi connectivity index (χ4v) is 3.47. The van der Waals surface area contributed by atoms with E-state index in [4.69, 9.17) is 4.74 Å². The zero-order valence-corrected chi connectivity index (χ0v) is 19.4. The molecular weight excluding hydrogens is 444 g/mol. The summed E-state index contributed by atoms with van der Waals surface area (Å²) in [7, 11) is 0. The summed E-state index contributed by atoms with van der Waals surface area (Å²) in [6.45, 7) is 5.34. The molecule has 0 saturated carbocycles. The number of halogens is 1. The summed E-state index contributed by atoms with van der Waals surface area (Å²) >= 11 is 3.47. The van der Waals surface area contributed by atoms with Gasteiger partial charge in [-0.3, -0.25) is 9.59 Å². The minimum atomic E-state index is -0.539. The Hall–Kier alpha value is -2.34. The van der Waals surface area contributed by atoms with Crippen LogP contribution in [0.15, 0.2) is 59.1 Å². The normalized spacial score (nSPS) is 11.6. The third-order valence-electron chi connectivity index (χ3n) is 4.79. The van der Waals surface area contributed by atoms with Gasteiger partial charge in [0.15, 0.2) is 0 Å². The second kappa shape index (κ2) is 13.1. The van der Waals surface area contributed by atoms with E-state index in [1.54, 1.807) is 11.8 Å². The van der Waals surface area contributed by atoms with Gasteiger partial charge in [0.1, 0.15) is 11.8 Å². The number of ether oxygens (including phenoxy) is 1. The molecule has 0 aromatic heterocycles. The molecule has 162 valence electrons. The van der Waals surface area contributed by atoms with E-state index in [2.05, 4.69) is 28.2 Å². The second-order valence-electron chi connectivity index (χ2n) is 7.24. The average molecular weight is 475 g/mol. The van der Waals surface area contributed by atoms with Gasteiger partial charge in [0.2, 0.25) is 11.8 Å². The molecule has 1 atom stereocenters. The Balaban J connectivity index is 1.97. The number of nitrogens with one attached hydrogen (secondary N) is 1. The molecule has 2 aromatic rings. The quantitative estimate of drug-likeness (QED) is 0.443. The summed E-state index contributed by atoms with van der Waals surface area (Å²) < 4.78 is 6.64. The summed E-state index contributed by atoms with van der Waals surface area (Å²) in [4.78, 5) is 27.3. The number of nitrogens with zero attached hydrogens (tertiary/aromatic N) is 1. The standard InChI is InChI=1S/C24H31BrN2O3/c1-3-4-15-26-24(29)19(2)27(18-20-10-8-11-21(25)17-20)23(28)14-9-16-30-22-12-6-5-7-13-22/h5-8,10-13,17,19H,3-4,9,14-16,18H2,1-2H3,(H,26,29)/t19-/m1/s1. The lowest BCUT2D eigenvalue weighted by atomic mass is 10.1. The lowest BCUT2D eigenvalue weighted by Gasteiger charge is -2.29. The Labute approximate surface area is 187 Å². The predicted octanol–water partition coefficient (Wildman–Crippen LogP) is 4.94. The molecule has 0 spiro atoms. The van der Waals surface area contributed by atoms with Crippen molar-refractivity contribution in [2.45, 2.75) is 52.1 Å². The van der Waals surface area contributed by atoms with Gasteiger partial charge in [0, 0.05) is 24.0 Å². The van der Waals surface area contributed by atoms with Crippen LogP contribution in [0.5, 0.6) is 5.75 Å². The zero-order chi connectivity index (χ0) is 21.8. The molecule has 2 rings (SSSR count). The Morgan fingerprint density at radius 2 is 1.87 bits per heavy atom. The smallest absolute Gasteiger partial charge is 0.242 e. The van der Waals surface area contributed by atoms with Gasteiger partial charge < -0.3 is 15.0 Å². The molecule has 2 aromatic carbocycles. The van der Waals surface area contributed by atoms with E-state index < -0.39 is 6.04 Å². The largest absolute Gasteiger partial charge is 0.494 e. The molecule has 30 heavy (non-hydrogen) atoms. The van der Waals surface area contributed by atoms with Crippen molar-refractivity contribution in [3.63, 3.8) is 0 Å². The van der Waals surface area contributed by atoms with Crippen LogP contribution in [0.25, 0.3) is 0 Å². The molecule has 0 radical (unpaired) electrons. The van der Waals surface area contributed by atoms with Gasteiger partial charge in [-0.15, -0.1) is 0 Å². The molecule has 0 unspecified atom stereocenters. The molecular formula is C24H31BrN2O3. The van der Waals surface area contributed by atoms with Crippen molar-refractivity contribution >= 4 is 27.7 Å². The molecule has 0 bridgehead atoms. The average Bonchev–Trinajstić information content (AvgIpc) is 2.75. The Morgan fingerprint density at radius 1 is 1.10 bits per heavy atom. The number of unbranched alkanes of at least 4 members (excludes halogenated alkanes) is 1. The van der Waals surface area contributed by atoms with Gasteiger partial charge in [-0.1, -0.05) is 59.6 Å². The van der Waals surface area contributed by atoms with Gasteiger partial charge in [0.05, 0.1) is 6.61 Å². The van der Waals surface area contributed by atoms with Gasteiger partial charge in [-0.05, 0) is 49.6 Å². The molecule has 0 aliphatic rings. The highest BCUT2D eigenvalue weighted by Gasteiger charge is 2.25. The van der Waals surface area contributed by atoms with Crippen molar-refractivity contribution < 1.29 is 14.3 Å². The van der Waals surface area contributed by atoms with E-state index in [1.807, 2.05) is 54.6 Å². The van der Waals surface area contributed by atoms with Crippen molar-refractivity contribution in [2.24, 2.45) is 0 Å². The number of hydrogen-bond donors (Lipinski definition) is 1. The molecule has 0 aliphatic carbocycles. The summed E-state index contributed by atoms with van der Waals surface area (Å²) in [6, 6.07) is 16.8. The van der Waals surface area contributed by atoms with E-state index in [0.29, 0.717) is 32.5 Å². The first-order valence-electron chi connectivity index (χ1n) is 10.5. The third-order valence-corrected chi connectivity index (χ3v) is 5.28. The van der Waals surface area contributed by atoms with Gasteiger partial charge in [0.25, 0.3) is 0 Å². The van der Waals surface area contributed by atoms with Crippen LogP contribution in [0.3, 0.4) is 0 Å². The molecule has 1 N–H and O–H groups in total. The van der Waals surface area contributed by atoms with Crippen LogP contribution in [0, 0.1) is 0 Å². The number of carbonyl (C=O) groups excluding carboxylic acids is 2. The molecule has 5 nitrogen and oxygen atoms in total. The topological polar surface area (TPSA) is 58.6 Å². The minimum absolute atomic E-state index is 0.0511. The molecule has 0 aliphatic heterocycles. The first kappa shape index (κ1) is 23.9. The number of para-hydroxylation sites is 1. The first-order valence-corrected chi connectivity index (χ1v) is 11.3. The zero-order valence-electron chi connectivity index (χ0n) is 17.8. The fraction of sp³-hybridized carbons (Fsp3) is 0.417. The highest BCUT2D eigenvalue weighted by atomic mass is 79.9. The van der Waals surface area contributed by atoms with Crippen molar-refractivity contribution in [3.05, 3.63) is 64.6 Å². The molecule has 0 saturated heterocycles. The number of amides is 2. The summed E-state index contributed by atoms with van der Waals surface area (Å²) in [5, 5.41) is 2.94.